The van der Waals surface area contributed by atoms with Crippen molar-refractivity contribution in [1.29, 1.82) is 0 Å². The van der Waals surface area contributed by atoms with Gasteiger partial charge in [-0.2, -0.15) is 0 Å². The third kappa shape index (κ3) is 3.52. The second kappa shape index (κ2) is 7.00. The van der Waals surface area contributed by atoms with Crippen LogP contribution in [-0.4, -0.2) is 38.4 Å². The van der Waals surface area contributed by atoms with Crippen LogP contribution in [0.2, 0.25) is 0 Å². The summed E-state index contributed by atoms with van der Waals surface area (Å²) in [4.78, 5) is 34.6. The Morgan fingerprint density at radius 1 is 1.36 bits per heavy atom. The Bertz CT molecular complexity index is 782. The van der Waals surface area contributed by atoms with Gasteiger partial charge in [0.1, 0.15) is 11.3 Å². The van der Waals surface area contributed by atoms with Gasteiger partial charge in [0.15, 0.2) is 0 Å². The molecule has 2 amide bonds. The number of aromatic nitrogens is 3. The van der Waals surface area contributed by atoms with Gasteiger partial charge in [-0.15, -0.1) is 0 Å². The van der Waals surface area contributed by atoms with Gasteiger partial charge in [0, 0.05) is 13.5 Å². The molecule has 1 unspecified atom stereocenters. The number of aryl methyl sites for hydroxylation is 2. The molecule has 1 aliphatic rings. The van der Waals surface area contributed by atoms with Crippen LogP contribution in [0.4, 0.5) is 0 Å². The molecule has 2 aromatic heterocycles. The molecule has 0 radical (unpaired) electrons. The molecule has 1 atom stereocenters. The Morgan fingerprint density at radius 3 is 2.84 bits per heavy atom. The average molecular weight is 343 g/mol. The molecular weight excluding hydrogens is 322 g/mol. The minimum Gasteiger partial charge on any atom is -0.361 e. The topological polar surface area (TPSA) is 101 Å². The van der Waals surface area contributed by atoms with Crippen LogP contribution in [0.5, 0.6) is 0 Å². The maximum atomic E-state index is 13.0. The van der Waals surface area contributed by atoms with Crippen LogP contribution >= 0.6 is 0 Å². The molecule has 3 heterocycles. The van der Waals surface area contributed by atoms with E-state index < -0.39 is 0 Å². The molecule has 132 valence electrons. The van der Waals surface area contributed by atoms with Crippen LogP contribution in [0, 0.1) is 13.8 Å². The maximum Gasteiger partial charge on any atom is 0.259 e. The predicted molar refractivity (Wildman–Crippen MR) is 88.5 cm³/mol. The van der Waals surface area contributed by atoms with E-state index >= 15 is 0 Å². The highest BCUT2D eigenvalue weighted by Crippen LogP contribution is 2.32. The molecule has 0 saturated carbocycles. The van der Waals surface area contributed by atoms with Gasteiger partial charge in [-0.25, -0.2) is 0 Å². The highest BCUT2D eigenvalue weighted by atomic mass is 16.5. The first-order valence-electron chi connectivity index (χ1n) is 8.26. The van der Waals surface area contributed by atoms with Crippen LogP contribution in [0.1, 0.15) is 59.0 Å². The highest BCUT2D eigenvalue weighted by molar-refractivity contribution is 5.96. The number of carbonyl (C=O) groups excluding carboxylic acids is 2. The van der Waals surface area contributed by atoms with E-state index in [2.05, 4.69) is 20.4 Å². The SMILES string of the molecule is CC(=O)NCc1cncc(C2CCCN2C(=O)c2c(C)noc2C)n1. The Labute approximate surface area is 145 Å². The van der Waals surface area contributed by atoms with Crippen LogP contribution in [0.15, 0.2) is 16.9 Å². The van der Waals surface area contributed by atoms with Gasteiger partial charge < -0.3 is 14.7 Å². The Morgan fingerprint density at radius 2 is 2.16 bits per heavy atom. The Kier molecular flexibility index (Phi) is 4.78. The van der Waals surface area contributed by atoms with E-state index in [1.807, 2.05) is 0 Å². The minimum atomic E-state index is -0.133. The van der Waals surface area contributed by atoms with Gasteiger partial charge in [0.2, 0.25) is 5.91 Å². The van der Waals surface area contributed by atoms with Crippen molar-refractivity contribution in [2.24, 2.45) is 0 Å². The smallest absolute Gasteiger partial charge is 0.259 e. The second-order valence-electron chi connectivity index (χ2n) is 6.20. The third-order valence-corrected chi connectivity index (χ3v) is 4.32. The molecule has 2 aromatic rings. The molecular formula is C17H21N5O3. The van der Waals surface area contributed by atoms with E-state index in [1.165, 1.54) is 6.92 Å². The maximum absolute atomic E-state index is 13.0. The zero-order valence-corrected chi connectivity index (χ0v) is 14.6. The summed E-state index contributed by atoms with van der Waals surface area (Å²) < 4.78 is 5.12. The van der Waals surface area contributed by atoms with Gasteiger partial charge in [0.05, 0.1) is 42.1 Å². The van der Waals surface area contributed by atoms with E-state index in [0.29, 0.717) is 35.8 Å². The van der Waals surface area contributed by atoms with Gasteiger partial charge in [-0.3, -0.25) is 19.6 Å². The van der Waals surface area contributed by atoms with E-state index in [0.717, 1.165) is 18.5 Å². The van der Waals surface area contributed by atoms with Crippen molar-refractivity contribution >= 4 is 11.8 Å². The van der Waals surface area contributed by atoms with Crippen LogP contribution in [0.25, 0.3) is 0 Å². The summed E-state index contributed by atoms with van der Waals surface area (Å²) in [6.07, 6.45) is 5.03. The number of likely N-dealkylation sites (tertiary alicyclic amines) is 1. The standard InChI is InChI=1S/C17H21N5O3/c1-10-16(11(2)25-21-10)17(24)22-6-4-5-15(22)14-9-18-7-13(20-14)8-19-12(3)23/h7,9,15H,4-6,8H2,1-3H3,(H,19,23). The van der Waals surface area contributed by atoms with Crippen LogP contribution in [0.3, 0.4) is 0 Å². The van der Waals surface area contributed by atoms with Gasteiger partial charge in [-0.05, 0) is 26.7 Å². The lowest BCUT2D eigenvalue weighted by Crippen LogP contribution is -2.32. The average Bonchev–Trinajstić information content (AvgIpc) is 3.20. The molecule has 25 heavy (non-hydrogen) atoms. The van der Waals surface area contributed by atoms with Crippen molar-refractivity contribution in [2.75, 3.05) is 6.54 Å². The van der Waals surface area contributed by atoms with E-state index in [4.69, 9.17) is 4.52 Å². The van der Waals surface area contributed by atoms with Crippen LogP contribution in [-0.2, 0) is 11.3 Å². The normalized spacial score (nSPS) is 16.9. The lowest BCUT2D eigenvalue weighted by molar-refractivity contribution is -0.119. The van der Waals surface area contributed by atoms with Crippen molar-refractivity contribution < 1.29 is 14.1 Å². The zero-order chi connectivity index (χ0) is 18.0. The van der Waals surface area contributed by atoms with Crippen molar-refractivity contribution in [2.45, 2.75) is 46.2 Å². The molecule has 3 rings (SSSR count). The summed E-state index contributed by atoms with van der Waals surface area (Å²) in [5.41, 5.74) is 2.53. The monoisotopic (exact) mass is 343 g/mol. The number of hydrogen-bond acceptors (Lipinski definition) is 6. The summed E-state index contributed by atoms with van der Waals surface area (Å²) in [7, 11) is 0. The minimum absolute atomic E-state index is 0.0900. The summed E-state index contributed by atoms with van der Waals surface area (Å²) >= 11 is 0. The number of hydrogen-bond donors (Lipinski definition) is 1. The van der Waals surface area contributed by atoms with Gasteiger partial charge in [0.25, 0.3) is 5.91 Å². The number of nitrogens with zero attached hydrogens (tertiary/aromatic N) is 4. The van der Waals surface area contributed by atoms with E-state index in [-0.39, 0.29) is 17.9 Å². The van der Waals surface area contributed by atoms with Gasteiger partial charge in [-0.1, -0.05) is 5.16 Å². The highest BCUT2D eigenvalue weighted by Gasteiger charge is 2.34. The first-order chi connectivity index (χ1) is 12.0. The lowest BCUT2D eigenvalue weighted by atomic mass is 10.1. The third-order valence-electron chi connectivity index (χ3n) is 4.32. The van der Waals surface area contributed by atoms with E-state index in [1.54, 1.807) is 31.1 Å². The molecule has 8 nitrogen and oxygen atoms in total. The number of nitrogens with one attached hydrogen (secondary N) is 1. The summed E-state index contributed by atoms with van der Waals surface area (Å²) in [5.74, 6) is 0.315. The molecule has 0 aromatic carbocycles. The van der Waals surface area contributed by atoms with E-state index in [9.17, 15) is 9.59 Å². The molecule has 1 fully saturated rings. The summed E-state index contributed by atoms with van der Waals surface area (Å²) in [6.45, 7) is 5.94. The van der Waals surface area contributed by atoms with Gasteiger partial charge >= 0.3 is 0 Å². The molecule has 0 bridgehead atoms. The zero-order valence-electron chi connectivity index (χ0n) is 14.6. The molecule has 1 aliphatic heterocycles. The van der Waals surface area contributed by atoms with Crippen molar-refractivity contribution in [3.05, 3.63) is 40.8 Å². The molecule has 1 saturated heterocycles. The largest absolute Gasteiger partial charge is 0.361 e. The number of amides is 2. The number of rotatable bonds is 4. The fourth-order valence-corrected chi connectivity index (χ4v) is 3.13. The molecule has 0 spiro atoms. The fourth-order valence-electron chi connectivity index (χ4n) is 3.13. The fraction of sp³-hybridized carbons (Fsp3) is 0.471. The van der Waals surface area contributed by atoms with Crippen LogP contribution < -0.4 is 5.32 Å². The summed E-state index contributed by atoms with van der Waals surface area (Å²) in [5, 5.41) is 6.58. The molecule has 8 heteroatoms. The second-order valence-corrected chi connectivity index (χ2v) is 6.20. The molecule has 0 aliphatic carbocycles. The quantitative estimate of drug-likeness (QED) is 0.906. The number of carbonyl (C=O) groups is 2. The first kappa shape index (κ1) is 17.1. The lowest BCUT2D eigenvalue weighted by Gasteiger charge is -2.24. The summed E-state index contributed by atoms with van der Waals surface area (Å²) in [6, 6.07) is -0.133. The van der Waals surface area contributed by atoms with Crippen molar-refractivity contribution in [3.63, 3.8) is 0 Å². The molecule has 1 N–H and O–H groups in total. The Hall–Kier alpha value is -2.77. The predicted octanol–water partition coefficient (Wildman–Crippen LogP) is 1.69. The van der Waals surface area contributed by atoms with Crippen molar-refractivity contribution in [1.82, 2.24) is 25.3 Å². The first-order valence-corrected chi connectivity index (χ1v) is 8.26. The Balaban J connectivity index is 1.83. The van der Waals surface area contributed by atoms with Crippen molar-refractivity contribution in [3.8, 4) is 0 Å².